The molecule has 0 aliphatic carbocycles. The van der Waals surface area contributed by atoms with Gasteiger partial charge in [0, 0.05) is 12.5 Å². The molecule has 2 rings (SSSR count). The lowest BCUT2D eigenvalue weighted by atomic mass is 10.1. The molecule has 0 heterocycles. The molecule has 25 heavy (non-hydrogen) atoms. The highest BCUT2D eigenvalue weighted by Crippen LogP contribution is 2.29. The van der Waals surface area contributed by atoms with Gasteiger partial charge in [-0.2, -0.15) is 0 Å². The minimum absolute atomic E-state index is 0.0737. The maximum absolute atomic E-state index is 12.6. The Balaban J connectivity index is 2.43. The van der Waals surface area contributed by atoms with Crippen LogP contribution in [-0.4, -0.2) is 27.2 Å². The van der Waals surface area contributed by atoms with Crippen LogP contribution in [0.4, 0.5) is 11.4 Å². The minimum Gasteiger partial charge on any atom is -0.495 e. The summed E-state index contributed by atoms with van der Waals surface area (Å²) in [6.45, 7) is 2.66. The van der Waals surface area contributed by atoms with Crippen LogP contribution in [0.5, 0.6) is 5.75 Å². The lowest BCUT2D eigenvalue weighted by molar-refractivity contribution is -0.114. The number of anilines is 2. The summed E-state index contributed by atoms with van der Waals surface area (Å²) in [6, 6.07) is 10.4. The normalized spacial score (nSPS) is 10.8. The van der Waals surface area contributed by atoms with Crippen LogP contribution in [0.3, 0.4) is 0 Å². The highest BCUT2D eigenvalue weighted by Gasteiger charge is 2.19. The molecule has 0 aliphatic heterocycles. The van der Waals surface area contributed by atoms with Gasteiger partial charge in [0.05, 0.1) is 23.4 Å². The molecule has 0 atom stereocenters. The standard InChI is InChI=1S/C17H18N2O5S/c1-11(20)14-6-4-5-7-15(14)19-25(22,23)13-8-9-17(24-3)16(10-13)18-12(2)21/h4-10,19H,1-3H3,(H,18,21). The van der Waals surface area contributed by atoms with Crippen molar-refractivity contribution in [3.63, 3.8) is 0 Å². The molecule has 1 amide bonds. The average molecular weight is 362 g/mol. The predicted octanol–water partition coefficient (Wildman–Crippen LogP) is 2.66. The minimum atomic E-state index is -3.96. The highest BCUT2D eigenvalue weighted by atomic mass is 32.2. The number of benzene rings is 2. The van der Waals surface area contributed by atoms with E-state index in [1.807, 2.05) is 0 Å². The summed E-state index contributed by atoms with van der Waals surface area (Å²) in [5.74, 6) is -0.284. The lowest BCUT2D eigenvalue weighted by Crippen LogP contribution is -2.16. The van der Waals surface area contributed by atoms with Crippen molar-refractivity contribution in [2.24, 2.45) is 0 Å². The van der Waals surface area contributed by atoms with E-state index in [0.29, 0.717) is 5.75 Å². The Morgan fingerprint density at radius 1 is 1.00 bits per heavy atom. The number of hydrogen-bond acceptors (Lipinski definition) is 5. The van der Waals surface area contributed by atoms with E-state index in [1.54, 1.807) is 12.1 Å². The van der Waals surface area contributed by atoms with Crippen molar-refractivity contribution in [1.29, 1.82) is 0 Å². The first-order chi connectivity index (χ1) is 11.7. The number of carbonyl (C=O) groups is 2. The molecule has 2 aromatic carbocycles. The zero-order valence-corrected chi connectivity index (χ0v) is 14.8. The molecule has 0 aliphatic rings. The number of ketones is 1. The van der Waals surface area contributed by atoms with Crippen LogP contribution < -0.4 is 14.8 Å². The number of rotatable bonds is 6. The van der Waals surface area contributed by atoms with E-state index in [-0.39, 0.29) is 33.5 Å². The molecule has 2 aromatic rings. The quantitative estimate of drug-likeness (QED) is 0.769. The molecule has 0 saturated heterocycles. The molecule has 0 radical (unpaired) electrons. The zero-order chi connectivity index (χ0) is 18.6. The first kappa shape index (κ1) is 18.5. The molecule has 0 bridgehead atoms. The molecule has 0 unspecified atom stereocenters. The number of hydrogen-bond donors (Lipinski definition) is 2. The van der Waals surface area contributed by atoms with Crippen LogP contribution in [0, 0.1) is 0 Å². The van der Waals surface area contributed by atoms with Gasteiger partial charge in [-0.05, 0) is 37.3 Å². The molecule has 8 heteroatoms. The van der Waals surface area contributed by atoms with Crippen LogP contribution in [0.25, 0.3) is 0 Å². The summed E-state index contributed by atoms with van der Waals surface area (Å²) in [4.78, 5) is 22.9. The second-order valence-electron chi connectivity index (χ2n) is 5.25. The van der Waals surface area contributed by atoms with E-state index >= 15 is 0 Å². The van der Waals surface area contributed by atoms with Crippen molar-refractivity contribution in [3.05, 3.63) is 48.0 Å². The fraction of sp³-hybridized carbons (Fsp3) is 0.176. The number of Topliss-reactive ketones (excluding diaryl/α,β-unsaturated/α-hetero) is 1. The first-order valence-electron chi connectivity index (χ1n) is 7.33. The van der Waals surface area contributed by atoms with Crippen LogP contribution in [0.15, 0.2) is 47.4 Å². The van der Waals surface area contributed by atoms with Gasteiger partial charge >= 0.3 is 0 Å². The lowest BCUT2D eigenvalue weighted by Gasteiger charge is -2.14. The SMILES string of the molecule is COc1ccc(S(=O)(=O)Nc2ccccc2C(C)=O)cc1NC(C)=O. The van der Waals surface area contributed by atoms with Gasteiger partial charge in [-0.25, -0.2) is 8.42 Å². The molecule has 0 fully saturated rings. The van der Waals surface area contributed by atoms with Gasteiger partial charge in [0.25, 0.3) is 10.0 Å². The molecule has 132 valence electrons. The van der Waals surface area contributed by atoms with Crippen LogP contribution in [-0.2, 0) is 14.8 Å². The number of para-hydroxylation sites is 1. The third kappa shape index (κ3) is 4.36. The summed E-state index contributed by atoms with van der Waals surface area (Å²) in [5.41, 5.74) is 0.686. The molecular weight excluding hydrogens is 344 g/mol. The largest absolute Gasteiger partial charge is 0.495 e. The summed E-state index contributed by atoms with van der Waals surface area (Å²) in [5, 5.41) is 2.52. The summed E-state index contributed by atoms with van der Waals surface area (Å²) >= 11 is 0. The third-order valence-corrected chi connectivity index (χ3v) is 4.71. The van der Waals surface area contributed by atoms with Gasteiger partial charge in [0.15, 0.2) is 5.78 Å². The van der Waals surface area contributed by atoms with Gasteiger partial charge in [-0.15, -0.1) is 0 Å². The molecule has 0 spiro atoms. The Bertz CT molecular complexity index is 922. The van der Waals surface area contributed by atoms with Gasteiger partial charge in [0.1, 0.15) is 5.75 Å². The van der Waals surface area contributed by atoms with Crippen molar-refractivity contribution >= 4 is 33.1 Å². The van der Waals surface area contributed by atoms with Crippen molar-refractivity contribution in [1.82, 2.24) is 0 Å². The van der Waals surface area contributed by atoms with Crippen LogP contribution in [0.1, 0.15) is 24.2 Å². The fourth-order valence-corrected chi connectivity index (χ4v) is 3.33. The molecule has 7 nitrogen and oxygen atoms in total. The second kappa shape index (κ2) is 7.35. The van der Waals surface area contributed by atoms with Crippen LogP contribution >= 0.6 is 0 Å². The number of carbonyl (C=O) groups excluding carboxylic acids is 2. The van der Waals surface area contributed by atoms with E-state index in [0.717, 1.165) is 0 Å². The first-order valence-corrected chi connectivity index (χ1v) is 8.81. The Morgan fingerprint density at radius 2 is 1.68 bits per heavy atom. The molecule has 2 N–H and O–H groups in total. The number of methoxy groups -OCH3 is 1. The maximum Gasteiger partial charge on any atom is 0.261 e. The van der Waals surface area contributed by atoms with Crippen molar-refractivity contribution in [3.8, 4) is 5.75 Å². The van der Waals surface area contributed by atoms with E-state index in [2.05, 4.69) is 10.0 Å². The average Bonchev–Trinajstić information content (AvgIpc) is 2.54. The molecule has 0 saturated carbocycles. The van der Waals surface area contributed by atoms with Crippen molar-refractivity contribution in [2.45, 2.75) is 18.7 Å². The number of ether oxygens (including phenoxy) is 1. The second-order valence-corrected chi connectivity index (χ2v) is 6.93. The monoisotopic (exact) mass is 362 g/mol. The smallest absolute Gasteiger partial charge is 0.261 e. The van der Waals surface area contributed by atoms with E-state index in [4.69, 9.17) is 4.74 Å². The van der Waals surface area contributed by atoms with E-state index < -0.39 is 10.0 Å². The van der Waals surface area contributed by atoms with E-state index in [9.17, 15) is 18.0 Å². The summed E-state index contributed by atoms with van der Waals surface area (Å²) < 4.78 is 32.8. The Kier molecular flexibility index (Phi) is 5.43. The topological polar surface area (TPSA) is 102 Å². The van der Waals surface area contributed by atoms with Crippen molar-refractivity contribution in [2.75, 3.05) is 17.1 Å². The van der Waals surface area contributed by atoms with Gasteiger partial charge in [0.2, 0.25) is 5.91 Å². The molecular formula is C17H18N2O5S. The Labute approximate surface area is 146 Å². The summed E-state index contributed by atoms with van der Waals surface area (Å²) in [7, 11) is -2.55. The van der Waals surface area contributed by atoms with E-state index in [1.165, 1.54) is 51.3 Å². The van der Waals surface area contributed by atoms with Crippen LogP contribution in [0.2, 0.25) is 0 Å². The Hall–Kier alpha value is -2.87. The fourth-order valence-electron chi connectivity index (χ4n) is 2.22. The number of sulfonamides is 1. The van der Waals surface area contributed by atoms with Gasteiger partial charge < -0.3 is 10.1 Å². The van der Waals surface area contributed by atoms with Crippen molar-refractivity contribution < 1.29 is 22.7 Å². The third-order valence-electron chi connectivity index (χ3n) is 3.34. The molecule has 0 aromatic heterocycles. The number of amides is 1. The maximum atomic E-state index is 12.6. The zero-order valence-electron chi connectivity index (χ0n) is 14.0. The Morgan fingerprint density at radius 3 is 2.28 bits per heavy atom. The number of nitrogens with one attached hydrogen (secondary N) is 2. The van der Waals surface area contributed by atoms with Gasteiger partial charge in [-0.1, -0.05) is 12.1 Å². The predicted molar refractivity (Wildman–Crippen MR) is 94.6 cm³/mol. The highest BCUT2D eigenvalue weighted by molar-refractivity contribution is 7.92. The van der Waals surface area contributed by atoms with Gasteiger partial charge in [-0.3, -0.25) is 14.3 Å². The summed E-state index contributed by atoms with van der Waals surface area (Å²) in [6.07, 6.45) is 0.